The first-order valence-electron chi connectivity index (χ1n) is 10.8. The van der Waals surface area contributed by atoms with Gasteiger partial charge in [0.05, 0.1) is 12.2 Å². The normalized spacial score (nSPS) is 19.0. The van der Waals surface area contributed by atoms with Crippen molar-refractivity contribution in [2.24, 2.45) is 0 Å². The van der Waals surface area contributed by atoms with Crippen molar-refractivity contribution in [2.45, 2.75) is 43.6 Å². The maximum Gasteiger partial charge on any atom is 0.339 e. The molecular formula is C23H26N2O6S. The van der Waals surface area contributed by atoms with Gasteiger partial charge < -0.3 is 14.8 Å². The molecule has 1 saturated heterocycles. The van der Waals surface area contributed by atoms with E-state index in [4.69, 9.17) is 9.47 Å². The fourth-order valence-electron chi connectivity index (χ4n) is 4.01. The van der Waals surface area contributed by atoms with Crippen molar-refractivity contribution in [2.75, 3.05) is 25.0 Å². The molecule has 0 aromatic heterocycles. The van der Waals surface area contributed by atoms with Crippen LogP contribution in [0, 0.1) is 0 Å². The number of rotatable bonds is 6. The van der Waals surface area contributed by atoms with Crippen molar-refractivity contribution in [3.05, 3.63) is 53.6 Å². The molecule has 0 bridgehead atoms. The smallest absolute Gasteiger partial charge is 0.339 e. The van der Waals surface area contributed by atoms with Crippen molar-refractivity contribution in [3.8, 4) is 5.75 Å². The molecule has 2 aliphatic heterocycles. The van der Waals surface area contributed by atoms with Crippen LogP contribution in [0.4, 0.5) is 5.69 Å². The Morgan fingerprint density at radius 1 is 1.16 bits per heavy atom. The number of amides is 1. The first kappa shape index (κ1) is 22.3. The summed E-state index contributed by atoms with van der Waals surface area (Å²) in [6.07, 6.45) is 1.89. The van der Waals surface area contributed by atoms with Gasteiger partial charge in [0.15, 0.2) is 6.10 Å². The number of sulfonamides is 1. The first-order chi connectivity index (χ1) is 15.4. The molecule has 0 radical (unpaired) electrons. The van der Waals surface area contributed by atoms with Gasteiger partial charge in [-0.15, -0.1) is 0 Å². The summed E-state index contributed by atoms with van der Waals surface area (Å²) in [7, 11) is -3.78. The van der Waals surface area contributed by atoms with Crippen LogP contribution in [0.15, 0.2) is 47.4 Å². The molecule has 2 aromatic rings. The van der Waals surface area contributed by atoms with E-state index in [1.54, 1.807) is 37.3 Å². The van der Waals surface area contributed by atoms with Gasteiger partial charge in [-0.05, 0) is 49.6 Å². The van der Waals surface area contributed by atoms with Gasteiger partial charge in [-0.1, -0.05) is 24.6 Å². The van der Waals surface area contributed by atoms with Crippen LogP contribution in [-0.4, -0.2) is 50.4 Å². The zero-order valence-electron chi connectivity index (χ0n) is 17.9. The summed E-state index contributed by atoms with van der Waals surface area (Å²) in [6.45, 7) is 3.01. The predicted molar refractivity (Wildman–Crippen MR) is 118 cm³/mol. The maximum absolute atomic E-state index is 13.3. The van der Waals surface area contributed by atoms with Crippen molar-refractivity contribution >= 4 is 27.6 Å². The van der Waals surface area contributed by atoms with Crippen LogP contribution in [0.25, 0.3) is 0 Å². The van der Waals surface area contributed by atoms with Gasteiger partial charge in [0.25, 0.3) is 5.91 Å². The number of carbonyl (C=O) groups excluding carboxylic acids is 2. The van der Waals surface area contributed by atoms with Crippen molar-refractivity contribution in [3.63, 3.8) is 0 Å². The molecule has 2 aromatic carbocycles. The van der Waals surface area contributed by atoms with Crippen LogP contribution >= 0.6 is 0 Å². The van der Waals surface area contributed by atoms with Crippen LogP contribution in [0.3, 0.4) is 0 Å². The largest absolute Gasteiger partial charge is 0.492 e. The second-order valence-corrected chi connectivity index (χ2v) is 9.71. The van der Waals surface area contributed by atoms with E-state index < -0.39 is 28.0 Å². The number of hydrogen-bond donors (Lipinski definition) is 1. The van der Waals surface area contributed by atoms with Gasteiger partial charge in [0, 0.05) is 25.2 Å². The molecule has 8 nitrogen and oxygen atoms in total. The number of cyclic esters (lactones) is 1. The van der Waals surface area contributed by atoms with Gasteiger partial charge in [-0.2, -0.15) is 4.31 Å². The maximum atomic E-state index is 13.3. The molecule has 1 atom stereocenters. The Morgan fingerprint density at radius 3 is 2.66 bits per heavy atom. The Morgan fingerprint density at radius 2 is 1.91 bits per heavy atom. The molecule has 4 rings (SSSR count). The minimum absolute atomic E-state index is 0.0186. The van der Waals surface area contributed by atoms with Gasteiger partial charge in [-0.3, -0.25) is 4.79 Å². The monoisotopic (exact) mass is 458 g/mol. The Hall–Kier alpha value is -2.91. The summed E-state index contributed by atoms with van der Waals surface area (Å²) < 4.78 is 38.8. The predicted octanol–water partition coefficient (Wildman–Crippen LogP) is 2.98. The Labute approximate surface area is 187 Å². The number of piperidine rings is 1. The Balaban J connectivity index is 1.57. The molecule has 0 aliphatic carbocycles. The van der Waals surface area contributed by atoms with E-state index in [0.717, 1.165) is 24.8 Å². The number of benzene rings is 2. The fraction of sp³-hybridized carbons (Fsp3) is 0.391. The summed E-state index contributed by atoms with van der Waals surface area (Å²) in [5, 5.41) is 2.69. The summed E-state index contributed by atoms with van der Waals surface area (Å²) in [5.74, 6) is -0.820. The molecular weight excluding hydrogens is 432 g/mol. The summed E-state index contributed by atoms with van der Waals surface area (Å²) in [4.78, 5) is 25.1. The van der Waals surface area contributed by atoms with Crippen molar-refractivity contribution in [1.29, 1.82) is 0 Å². The second-order valence-electron chi connectivity index (χ2n) is 7.80. The minimum Gasteiger partial charge on any atom is -0.492 e. The molecule has 1 fully saturated rings. The third-order valence-electron chi connectivity index (χ3n) is 5.63. The highest BCUT2D eigenvalue weighted by Crippen LogP contribution is 2.32. The van der Waals surface area contributed by atoms with Crippen LogP contribution in [0.5, 0.6) is 5.75 Å². The van der Waals surface area contributed by atoms with Crippen LogP contribution in [0.1, 0.15) is 42.1 Å². The number of esters is 1. The average Bonchev–Trinajstić information content (AvgIpc) is 2.80. The molecule has 0 saturated carbocycles. The van der Waals surface area contributed by atoms with E-state index in [1.165, 1.54) is 16.4 Å². The van der Waals surface area contributed by atoms with Gasteiger partial charge in [-0.25, -0.2) is 13.2 Å². The molecule has 0 spiro atoms. The SMILES string of the molecule is CCOc1ccc(NC(=O)[C@@H]2Cc3ccccc3C(=O)O2)cc1S(=O)(=O)N1CCCCC1. The van der Waals surface area contributed by atoms with E-state index in [9.17, 15) is 18.0 Å². The van der Waals surface area contributed by atoms with Gasteiger partial charge in [0.1, 0.15) is 10.6 Å². The van der Waals surface area contributed by atoms with E-state index in [1.807, 2.05) is 0 Å². The van der Waals surface area contributed by atoms with Crippen LogP contribution in [-0.2, 0) is 26.0 Å². The van der Waals surface area contributed by atoms with Gasteiger partial charge in [0.2, 0.25) is 10.0 Å². The second kappa shape index (κ2) is 9.30. The molecule has 1 N–H and O–H groups in total. The van der Waals surface area contributed by atoms with E-state index in [0.29, 0.717) is 30.9 Å². The lowest BCUT2D eigenvalue weighted by atomic mass is 9.98. The van der Waals surface area contributed by atoms with Gasteiger partial charge >= 0.3 is 5.97 Å². The molecule has 170 valence electrons. The lowest BCUT2D eigenvalue weighted by molar-refractivity contribution is -0.125. The van der Waals surface area contributed by atoms with Crippen molar-refractivity contribution in [1.82, 2.24) is 4.31 Å². The molecule has 2 aliphatic rings. The highest BCUT2D eigenvalue weighted by molar-refractivity contribution is 7.89. The van der Waals surface area contributed by atoms with E-state index in [-0.39, 0.29) is 17.1 Å². The van der Waals surface area contributed by atoms with Crippen LogP contribution < -0.4 is 10.1 Å². The lowest BCUT2D eigenvalue weighted by Crippen LogP contribution is -2.38. The number of nitrogens with one attached hydrogen (secondary N) is 1. The zero-order chi connectivity index (χ0) is 22.7. The number of carbonyl (C=O) groups is 2. The topological polar surface area (TPSA) is 102 Å². The number of anilines is 1. The molecule has 2 heterocycles. The zero-order valence-corrected chi connectivity index (χ0v) is 18.7. The standard InChI is InChI=1S/C23H26N2O6S/c1-2-30-19-11-10-17(15-21(19)32(28,29)25-12-6-3-7-13-25)24-22(26)20-14-16-8-4-5-9-18(16)23(27)31-20/h4-5,8-11,15,20H,2-3,6-7,12-14H2,1H3,(H,24,26)/t20-/m0/s1. The van der Waals surface area contributed by atoms with Crippen LogP contribution in [0.2, 0.25) is 0 Å². The third kappa shape index (κ3) is 4.49. The number of nitrogens with zero attached hydrogens (tertiary/aromatic N) is 1. The minimum atomic E-state index is -3.78. The fourth-order valence-corrected chi connectivity index (χ4v) is 5.68. The van der Waals surface area contributed by atoms with E-state index >= 15 is 0 Å². The quantitative estimate of drug-likeness (QED) is 0.668. The summed E-state index contributed by atoms with van der Waals surface area (Å²) in [5.41, 5.74) is 1.49. The first-order valence-corrected chi connectivity index (χ1v) is 12.2. The van der Waals surface area contributed by atoms with E-state index in [2.05, 4.69) is 5.32 Å². The Bertz CT molecular complexity index is 1130. The molecule has 1 amide bonds. The highest BCUT2D eigenvalue weighted by atomic mass is 32.2. The summed E-state index contributed by atoms with van der Waals surface area (Å²) in [6, 6.07) is 11.5. The number of hydrogen-bond acceptors (Lipinski definition) is 6. The average molecular weight is 459 g/mol. The molecule has 9 heteroatoms. The summed E-state index contributed by atoms with van der Waals surface area (Å²) >= 11 is 0. The Kier molecular flexibility index (Phi) is 6.48. The number of ether oxygens (including phenoxy) is 2. The molecule has 0 unspecified atom stereocenters. The highest BCUT2D eigenvalue weighted by Gasteiger charge is 2.32. The number of fused-ring (bicyclic) bond motifs is 1. The third-order valence-corrected chi connectivity index (χ3v) is 7.55. The van der Waals surface area contributed by atoms with Crippen molar-refractivity contribution < 1.29 is 27.5 Å². The molecule has 32 heavy (non-hydrogen) atoms. The lowest BCUT2D eigenvalue weighted by Gasteiger charge is -2.27.